The SMILES string of the molecule is CC(CO)NC(=O)c1ccccc1SCC(=O)NCC1CCCCC1. The van der Waals surface area contributed by atoms with E-state index in [0.29, 0.717) is 17.2 Å². The average Bonchev–Trinajstić information content (AvgIpc) is 2.65. The van der Waals surface area contributed by atoms with Crippen molar-refractivity contribution in [2.75, 3.05) is 18.9 Å². The molecule has 1 fully saturated rings. The third-order valence-corrected chi connectivity index (χ3v) is 5.53. The van der Waals surface area contributed by atoms with E-state index in [-0.39, 0.29) is 24.5 Å². The smallest absolute Gasteiger partial charge is 0.252 e. The van der Waals surface area contributed by atoms with Gasteiger partial charge < -0.3 is 15.7 Å². The first-order valence-corrected chi connectivity index (χ1v) is 9.99. The molecule has 1 aromatic carbocycles. The van der Waals surface area contributed by atoms with Crippen molar-refractivity contribution in [3.8, 4) is 0 Å². The fraction of sp³-hybridized carbons (Fsp3) is 0.579. The molecule has 5 nitrogen and oxygen atoms in total. The first-order valence-electron chi connectivity index (χ1n) is 9.00. The second-order valence-corrected chi connectivity index (χ2v) is 7.67. The second-order valence-electron chi connectivity index (χ2n) is 6.65. The maximum atomic E-state index is 12.3. The highest BCUT2D eigenvalue weighted by molar-refractivity contribution is 8.00. The third kappa shape index (κ3) is 6.71. The lowest BCUT2D eigenvalue weighted by atomic mass is 9.89. The van der Waals surface area contributed by atoms with Gasteiger partial charge in [0.15, 0.2) is 0 Å². The minimum atomic E-state index is -0.302. The Hall–Kier alpha value is -1.53. The molecule has 1 aliphatic rings. The fourth-order valence-electron chi connectivity index (χ4n) is 2.97. The quantitative estimate of drug-likeness (QED) is 0.620. The molecule has 1 unspecified atom stereocenters. The van der Waals surface area contributed by atoms with Crippen molar-refractivity contribution >= 4 is 23.6 Å². The highest BCUT2D eigenvalue weighted by Crippen LogP contribution is 2.24. The van der Waals surface area contributed by atoms with Crippen molar-refractivity contribution in [1.29, 1.82) is 0 Å². The molecule has 2 amide bonds. The molecule has 0 bridgehead atoms. The van der Waals surface area contributed by atoms with Gasteiger partial charge in [-0.15, -0.1) is 11.8 Å². The minimum absolute atomic E-state index is 0.00881. The summed E-state index contributed by atoms with van der Waals surface area (Å²) in [5.41, 5.74) is 0.535. The Balaban J connectivity index is 1.83. The Morgan fingerprint density at radius 1 is 1.24 bits per heavy atom. The monoisotopic (exact) mass is 364 g/mol. The number of benzene rings is 1. The molecule has 138 valence electrons. The van der Waals surface area contributed by atoms with Gasteiger partial charge in [0.25, 0.3) is 5.91 Å². The second kappa shape index (κ2) is 10.5. The number of carbonyl (C=O) groups excluding carboxylic acids is 2. The van der Waals surface area contributed by atoms with Crippen LogP contribution in [0.25, 0.3) is 0 Å². The van der Waals surface area contributed by atoms with Crippen LogP contribution in [0.5, 0.6) is 0 Å². The minimum Gasteiger partial charge on any atom is -0.394 e. The van der Waals surface area contributed by atoms with Crippen molar-refractivity contribution in [3.05, 3.63) is 29.8 Å². The number of aliphatic hydroxyl groups excluding tert-OH is 1. The first-order chi connectivity index (χ1) is 12.1. The number of hydrogen-bond donors (Lipinski definition) is 3. The molecule has 1 aliphatic carbocycles. The predicted molar refractivity (Wildman–Crippen MR) is 101 cm³/mol. The van der Waals surface area contributed by atoms with E-state index in [2.05, 4.69) is 10.6 Å². The standard InChI is InChI=1S/C19H28N2O3S/c1-14(12-22)21-19(24)16-9-5-6-10-17(16)25-13-18(23)20-11-15-7-3-2-4-8-15/h5-6,9-10,14-15,22H,2-4,7-8,11-13H2,1H3,(H,20,23)(H,21,24). The predicted octanol–water partition coefficient (Wildman–Crippen LogP) is 2.59. The zero-order valence-electron chi connectivity index (χ0n) is 14.8. The van der Waals surface area contributed by atoms with Gasteiger partial charge in [-0.3, -0.25) is 9.59 Å². The van der Waals surface area contributed by atoms with Crippen molar-refractivity contribution in [3.63, 3.8) is 0 Å². The van der Waals surface area contributed by atoms with Crippen LogP contribution in [0.4, 0.5) is 0 Å². The van der Waals surface area contributed by atoms with E-state index in [9.17, 15) is 9.59 Å². The number of amides is 2. The van der Waals surface area contributed by atoms with Gasteiger partial charge in [0.1, 0.15) is 0 Å². The Morgan fingerprint density at radius 2 is 1.96 bits per heavy atom. The van der Waals surface area contributed by atoms with Gasteiger partial charge in [-0.2, -0.15) is 0 Å². The maximum Gasteiger partial charge on any atom is 0.252 e. The van der Waals surface area contributed by atoms with Crippen LogP contribution < -0.4 is 10.6 Å². The van der Waals surface area contributed by atoms with Crippen LogP contribution in [-0.4, -0.2) is 41.9 Å². The van der Waals surface area contributed by atoms with Gasteiger partial charge in [-0.05, 0) is 37.8 Å². The highest BCUT2D eigenvalue weighted by Gasteiger charge is 2.16. The molecule has 1 aromatic rings. The van der Waals surface area contributed by atoms with E-state index in [4.69, 9.17) is 5.11 Å². The summed E-state index contributed by atoms with van der Waals surface area (Å²) in [6.07, 6.45) is 6.26. The Morgan fingerprint density at radius 3 is 2.68 bits per heavy atom. The summed E-state index contributed by atoms with van der Waals surface area (Å²) >= 11 is 1.37. The van der Waals surface area contributed by atoms with E-state index in [1.165, 1.54) is 43.9 Å². The highest BCUT2D eigenvalue weighted by atomic mass is 32.2. The lowest BCUT2D eigenvalue weighted by molar-refractivity contribution is -0.118. The van der Waals surface area contributed by atoms with Crippen LogP contribution in [0.1, 0.15) is 49.4 Å². The molecule has 6 heteroatoms. The van der Waals surface area contributed by atoms with Crippen molar-refractivity contribution < 1.29 is 14.7 Å². The van der Waals surface area contributed by atoms with Gasteiger partial charge in [0, 0.05) is 17.5 Å². The average molecular weight is 365 g/mol. The Bertz CT molecular complexity index is 574. The lowest BCUT2D eigenvalue weighted by Crippen LogP contribution is -2.35. The largest absolute Gasteiger partial charge is 0.394 e. The molecule has 0 aromatic heterocycles. The Kier molecular flexibility index (Phi) is 8.28. The van der Waals surface area contributed by atoms with Gasteiger partial charge in [0.05, 0.1) is 17.9 Å². The molecule has 0 radical (unpaired) electrons. The van der Waals surface area contributed by atoms with Crippen LogP contribution in [0, 0.1) is 5.92 Å². The zero-order chi connectivity index (χ0) is 18.1. The normalized spacial score (nSPS) is 16.2. The molecule has 0 spiro atoms. The molecule has 0 aliphatic heterocycles. The molecule has 3 N–H and O–H groups in total. The van der Waals surface area contributed by atoms with E-state index in [0.717, 1.165) is 11.4 Å². The number of carbonyl (C=O) groups is 2. The Labute approximate surface area is 154 Å². The lowest BCUT2D eigenvalue weighted by Gasteiger charge is -2.21. The maximum absolute atomic E-state index is 12.3. The summed E-state index contributed by atoms with van der Waals surface area (Å²) in [7, 11) is 0. The molecular formula is C19H28N2O3S. The topological polar surface area (TPSA) is 78.4 Å². The first kappa shape index (κ1) is 19.8. The molecule has 1 atom stereocenters. The summed E-state index contributed by atoms with van der Waals surface area (Å²) in [4.78, 5) is 25.2. The van der Waals surface area contributed by atoms with Crippen molar-refractivity contribution in [2.24, 2.45) is 5.92 Å². The number of thioether (sulfide) groups is 1. The van der Waals surface area contributed by atoms with Gasteiger partial charge in [-0.1, -0.05) is 31.4 Å². The molecule has 25 heavy (non-hydrogen) atoms. The van der Waals surface area contributed by atoms with Gasteiger partial charge in [-0.25, -0.2) is 0 Å². The molecule has 0 heterocycles. The van der Waals surface area contributed by atoms with Crippen LogP contribution in [0.3, 0.4) is 0 Å². The van der Waals surface area contributed by atoms with Crippen LogP contribution >= 0.6 is 11.8 Å². The van der Waals surface area contributed by atoms with E-state index in [1.807, 2.05) is 12.1 Å². The van der Waals surface area contributed by atoms with Crippen LogP contribution in [-0.2, 0) is 4.79 Å². The van der Waals surface area contributed by atoms with Crippen LogP contribution in [0.15, 0.2) is 29.2 Å². The summed E-state index contributed by atoms with van der Waals surface area (Å²) in [6.45, 7) is 2.40. The summed E-state index contributed by atoms with van der Waals surface area (Å²) in [6, 6.07) is 6.93. The van der Waals surface area contributed by atoms with E-state index < -0.39 is 0 Å². The van der Waals surface area contributed by atoms with Crippen molar-refractivity contribution in [1.82, 2.24) is 10.6 Å². The van der Waals surface area contributed by atoms with Gasteiger partial charge >= 0.3 is 0 Å². The van der Waals surface area contributed by atoms with E-state index in [1.54, 1.807) is 19.1 Å². The van der Waals surface area contributed by atoms with Crippen LogP contribution in [0.2, 0.25) is 0 Å². The molecule has 2 rings (SSSR count). The number of nitrogens with one attached hydrogen (secondary N) is 2. The molecular weight excluding hydrogens is 336 g/mol. The zero-order valence-corrected chi connectivity index (χ0v) is 15.6. The fourth-order valence-corrected chi connectivity index (χ4v) is 3.85. The van der Waals surface area contributed by atoms with Gasteiger partial charge in [0.2, 0.25) is 5.91 Å². The number of aliphatic hydroxyl groups is 1. The summed E-state index contributed by atoms with van der Waals surface area (Å²) in [5.74, 6) is 0.689. The number of hydrogen-bond acceptors (Lipinski definition) is 4. The summed E-state index contributed by atoms with van der Waals surface area (Å²) in [5, 5.41) is 14.8. The molecule has 0 saturated heterocycles. The van der Waals surface area contributed by atoms with Crippen molar-refractivity contribution in [2.45, 2.75) is 50.0 Å². The summed E-state index contributed by atoms with van der Waals surface area (Å²) < 4.78 is 0. The third-order valence-electron chi connectivity index (χ3n) is 4.45. The van der Waals surface area contributed by atoms with E-state index >= 15 is 0 Å². The molecule has 1 saturated carbocycles. The number of rotatable bonds is 8.